The molecular formula is C31H29N5O4S. The van der Waals surface area contributed by atoms with Gasteiger partial charge in [-0.2, -0.15) is 0 Å². The summed E-state index contributed by atoms with van der Waals surface area (Å²) in [6, 6.07) is 30.2. The molecule has 1 amide bonds. The van der Waals surface area contributed by atoms with Crippen LogP contribution in [0.15, 0.2) is 102 Å². The van der Waals surface area contributed by atoms with Crippen LogP contribution in [-0.4, -0.2) is 36.7 Å². The van der Waals surface area contributed by atoms with Crippen LogP contribution in [0.1, 0.15) is 5.56 Å². The third kappa shape index (κ3) is 7.65. The van der Waals surface area contributed by atoms with Crippen molar-refractivity contribution in [3.8, 4) is 11.5 Å². The predicted octanol–water partition coefficient (Wildman–Crippen LogP) is 6.67. The van der Waals surface area contributed by atoms with E-state index in [1.165, 1.54) is 11.9 Å². The molecule has 0 fully saturated rings. The highest BCUT2D eigenvalue weighted by Crippen LogP contribution is 2.31. The monoisotopic (exact) mass is 567 g/mol. The predicted molar refractivity (Wildman–Crippen MR) is 163 cm³/mol. The molecule has 1 aromatic heterocycles. The van der Waals surface area contributed by atoms with Crippen molar-refractivity contribution in [3.63, 3.8) is 0 Å². The van der Waals surface area contributed by atoms with Crippen molar-refractivity contribution in [1.29, 1.82) is 0 Å². The van der Waals surface area contributed by atoms with E-state index in [0.29, 0.717) is 35.4 Å². The number of nitrogens with zero attached hydrogens (tertiary/aromatic N) is 2. The minimum Gasteiger partial charge on any atom is -0.497 e. The molecule has 0 aliphatic carbocycles. The van der Waals surface area contributed by atoms with Crippen LogP contribution in [0.3, 0.4) is 0 Å². The molecule has 0 bridgehead atoms. The Balaban J connectivity index is 1.31. The molecule has 0 unspecified atom stereocenters. The van der Waals surface area contributed by atoms with Gasteiger partial charge in [-0.1, -0.05) is 36.4 Å². The summed E-state index contributed by atoms with van der Waals surface area (Å²) in [6.07, 6.45) is 0. The summed E-state index contributed by atoms with van der Waals surface area (Å²) < 4.78 is 19.6. The topological polar surface area (TPSA) is 107 Å². The number of rotatable bonds is 12. The molecule has 0 saturated heterocycles. The van der Waals surface area contributed by atoms with Crippen molar-refractivity contribution in [2.24, 2.45) is 0 Å². The molecule has 0 saturated carbocycles. The Morgan fingerprint density at radius 3 is 2.29 bits per heavy atom. The summed E-state index contributed by atoms with van der Waals surface area (Å²) in [5.74, 6) is 2.20. The molecule has 5 rings (SSSR count). The second-order valence-electron chi connectivity index (χ2n) is 8.92. The SMILES string of the molecule is COCc1cc(Nc2nc3ccccc3nc2NSc2cccc(NC(=O)COc3ccccc3)c2)cc(OC)c1. The maximum Gasteiger partial charge on any atom is 0.262 e. The maximum absolute atomic E-state index is 12.4. The normalized spacial score (nSPS) is 10.7. The van der Waals surface area contributed by atoms with Gasteiger partial charge in [0.2, 0.25) is 0 Å². The van der Waals surface area contributed by atoms with E-state index in [9.17, 15) is 4.79 Å². The van der Waals surface area contributed by atoms with Crippen molar-refractivity contribution >= 4 is 51.9 Å². The molecule has 0 aliphatic rings. The minimum atomic E-state index is -0.248. The molecule has 41 heavy (non-hydrogen) atoms. The van der Waals surface area contributed by atoms with Crippen LogP contribution in [0.4, 0.5) is 23.0 Å². The molecule has 0 spiro atoms. The van der Waals surface area contributed by atoms with Gasteiger partial charge in [-0.3, -0.25) is 4.79 Å². The lowest BCUT2D eigenvalue weighted by atomic mass is 10.2. The fourth-order valence-electron chi connectivity index (χ4n) is 4.00. The van der Waals surface area contributed by atoms with E-state index < -0.39 is 0 Å². The zero-order valence-electron chi connectivity index (χ0n) is 22.6. The van der Waals surface area contributed by atoms with Crippen LogP contribution in [0, 0.1) is 0 Å². The second kappa shape index (κ2) is 13.5. The van der Waals surface area contributed by atoms with Gasteiger partial charge >= 0.3 is 0 Å². The van der Waals surface area contributed by atoms with Crippen LogP contribution in [-0.2, 0) is 16.1 Å². The Morgan fingerprint density at radius 2 is 1.54 bits per heavy atom. The number of aromatic nitrogens is 2. The summed E-state index contributed by atoms with van der Waals surface area (Å²) >= 11 is 1.36. The lowest BCUT2D eigenvalue weighted by Crippen LogP contribution is -2.20. The van der Waals surface area contributed by atoms with Gasteiger partial charge in [-0.05, 0) is 72.1 Å². The van der Waals surface area contributed by atoms with Crippen molar-refractivity contribution < 1.29 is 19.0 Å². The summed E-state index contributed by atoms with van der Waals surface area (Å²) in [6.45, 7) is 0.360. The highest BCUT2D eigenvalue weighted by atomic mass is 32.2. The van der Waals surface area contributed by atoms with Crippen molar-refractivity contribution in [1.82, 2.24) is 9.97 Å². The van der Waals surface area contributed by atoms with E-state index in [0.717, 1.165) is 27.2 Å². The standard InChI is InChI=1S/C31H29N5O4S/c1-38-19-21-15-23(17-25(16-21)39-2)33-30-31(35-28-14-7-6-13-27(28)34-30)36-41-26-12-8-9-22(18-26)32-29(37)20-40-24-10-4-3-5-11-24/h3-18H,19-20H2,1-2H3,(H,32,37)(H,33,34)(H,35,36). The zero-order valence-corrected chi connectivity index (χ0v) is 23.4. The molecule has 208 valence electrons. The van der Waals surface area contributed by atoms with Gasteiger partial charge in [0, 0.05) is 29.4 Å². The lowest BCUT2D eigenvalue weighted by molar-refractivity contribution is -0.118. The molecule has 10 heteroatoms. The van der Waals surface area contributed by atoms with Crippen LogP contribution in [0.2, 0.25) is 0 Å². The third-order valence-corrected chi connectivity index (χ3v) is 6.63. The number of amides is 1. The first-order valence-electron chi connectivity index (χ1n) is 12.8. The highest BCUT2D eigenvalue weighted by molar-refractivity contribution is 8.00. The Morgan fingerprint density at radius 1 is 0.780 bits per heavy atom. The average Bonchev–Trinajstić information content (AvgIpc) is 2.99. The minimum absolute atomic E-state index is 0.0856. The number of benzene rings is 4. The number of nitrogens with one attached hydrogen (secondary N) is 3. The summed E-state index contributed by atoms with van der Waals surface area (Å²) in [5.41, 5.74) is 3.92. The molecular weight excluding hydrogens is 538 g/mol. The molecule has 5 aromatic rings. The summed E-state index contributed by atoms with van der Waals surface area (Å²) in [5, 5.41) is 6.26. The van der Waals surface area contributed by atoms with E-state index in [2.05, 4.69) is 15.4 Å². The second-order valence-corrected chi connectivity index (χ2v) is 9.80. The molecule has 9 nitrogen and oxygen atoms in total. The average molecular weight is 568 g/mol. The number of ether oxygens (including phenoxy) is 3. The third-order valence-electron chi connectivity index (χ3n) is 5.84. The number of fused-ring (bicyclic) bond motifs is 1. The van der Waals surface area contributed by atoms with Gasteiger partial charge < -0.3 is 29.6 Å². The Kier molecular flexibility index (Phi) is 9.15. The number of hydrogen-bond donors (Lipinski definition) is 3. The van der Waals surface area contributed by atoms with Crippen molar-refractivity contribution in [2.45, 2.75) is 11.5 Å². The fraction of sp³-hybridized carbons (Fsp3) is 0.129. The zero-order chi connectivity index (χ0) is 28.4. The van der Waals surface area contributed by atoms with E-state index in [-0.39, 0.29) is 12.5 Å². The van der Waals surface area contributed by atoms with Gasteiger partial charge in [0.15, 0.2) is 18.2 Å². The first-order chi connectivity index (χ1) is 20.1. The first-order valence-corrected chi connectivity index (χ1v) is 13.6. The highest BCUT2D eigenvalue weighted by Gasteiger charge is 2.12. The number of anilines is 4. The number of carbonyl (C=O) groups is 1. The van der Waals surface area contributed by atoms with Crippen molar-refractivity contribution in [3.05, 3.63) is 103 Å². The van der Waals surface area contributed by atoms with E-state index in [1.54, 1.807) is 14.2 Å². The molecule has 4 aromatic carbocycles. The molecule has 0 aliphatic heterocycles. The van der Waals surface area contributed by atoms with Crippen LogP contribution < -0.4 is 24.8 Å². The van der Waals surface area contributed by atoms with E-state index >= 15 is 0 Å². The molecule has 0 atom stereocenters. The quantitative estimate of drug-likeness (QED) is 0.143. The molecule has 0 radical (unpaired) electrons. The number of methoxy groups -OCH3 is 2. The maximum atomic E-state index is 12.4. The first kappa shape index (κ1) is 27.8. The number of hydrogen-bond acceptors (Lipinski definition) is 9. The van der Waals surface area contributed by atoms with Crippen molar-refractivity contribution in [2.75, 3.05) is 36.2 Å². The summed E-state index contributed by atoms with van der Waals surface area (Å²) in [4.78, 5) is 22.9. The van der Waals surface area contributed by atoms with Crippen LogP contribution in [0.5, 0.6) is 11.5 Å². The molecule has 3 N–H and O–H groups in total. The van der Waals surface area contributed by atoms with Gasteiger partial charge in [0.25, 0.3) is 5.91 Å². The Labute approximate surface area is 242 Å². The van der Waals surface area contributed by atoms with Crippen LogP contribution in [0.25, 0.3) is 11.0 Å². The largest absolute Gasteiger partial charge is 0.497 e. The van der Waals surface area contributed by atoms with Gasteiger partial charge in [0.1, 0.15) is 11.5 Å². The van der Waals surface area contributed by atoms with Crippen LogP contribution >= 0.6 is 11.9 Å². The Bertz CT molecular complexity index is 1630. The van der Waals surface area contributed by atoms with Gasteiger partial charge in [0.05, 0.1) is 24.8 Å². The summed E-state index contributed by atoms with van der Waals surface area (Å²) in [7, 11) is 3.28. The van der Waals surface area contributed by atoms with E-state index in [1.807, 2.05) is 97.1 Å². The smallest absolute Gasteiger partial charge is 0.262 e. The number of para-hydroxylation sites is 3. The van der Waals surface area contributed by atoms with E-state index in [4.69, 9.17) is 24.2 Å². The van der Waals surface area contributed by atoms with Gasteiger partial charge in [-0.15, -0.1) is 0 Å². The number of carbonyl (C=O) groups excluding carboxylic acids is 1. The van der Waals surface area contributed by atoms with Gasteiger partial charge in [-0.25, -0.2) is 9.97 Å². The fourth-order valence-corrected chi connectivity index (χ4v) is 4.69. The lowest BCUT2D eigenvalue weighted by Gasteiger charge is -2.15. The molecule has 1 heterocycles. The Hall–Kier alpha value is -4.80.